The number of carbonyl (C=O) groups is 1. The summed E-state index contributed by atoms with van der Waals surface area (Å²) in [6.45, 7) is 6.68. The van der Waals surface area contributed by atoms with Crippen molar-refractivity contribution in [2.45, 2.75) is 19.4 Å². The van der Waals surface area contributed by atoms with Gasteiger partial charge in [0.1, 0.15) is 0 Å². The molecular formula is C12H22N2O3. The molecule has 0 bridgehead atoms. The molecule has 0 aromatic heterocycles. The van der Waals surface area contributed by atoms with Gasteiger partial charge in [0.15, 0.2) is 0 Å². The van der Waals surface area contributed by atoms with Crippen LogP contribution >= 0.6 is 0 Å². The summed E-state index contributed by atoms with van der Waals surface area (Å²) in [4.78, 5) is 16.3. The number of hydrogen-bond donors (Lipinski definition) is 1. The lowest BCUT2D eigenvalue weighted by atomic mass is 10.1. The van der Waals surface area contributed by atoms with E-state index in [1.165, 1.54) is 0 Å². The zero-order valence-corrected chi connectivity index (χ0v) is 10.5. The fourth-order valence-electron chi connectivity index (χ4n) is 2.57. The molecule has 1 amide bonds. The SMILES string of the molecule is CC(C(=O)N1CCOCC1)N1CCC(CO)C1. The van der Waals surface area contributed by atoms with E-state index in [0.29, 0.717) is 32.2 Å². The van der Waals surface area contributed by atoms with Crippen molar-refractivity contribution in [3.05, 3.63) is 0 Å². The van der Waals surface area contributed by atoms with Gasteiger partial charge in [-0.3, -0.25) is 9.69 Å². The molecule has 0 aromatic carbocycles. The molecule has 0 radical (unpaired) electrons. The van der Waals surface area contributed by atoms with Crippen molar-refractivity contribution in [1.82, 2.24) is 9.80 Å². The number of aliphatic hydroxyl groups is 1. The Morgan fingerprint density at radius 2 is 2.12 bits per heavy atom. The Hall–Kier alpha value is -0.650. The first kappa shape index (κ1) is 12.8. The highest BCUT2D eigenvalue weighted by Gasteiger charge is 2.31. The molecule has 0 aromatic rings. The molecule has 2 aliphatic rings. The average molecular weight is 242 g/mol. The molecule has 0 aliphatic carbocycles. The summed E-state index contributed by atoms with van der Waals surface area (Å²) < 4.78 is 5.25. The van der Waals surface area contributed by atoms with Crippen LogP contribution in [0.25, 0.3) is 0 Å². The average Bonchev–Trinajstić information content (AvgIpc) is 2.87. The summed E-state index contributed by atoms with van der Waals surface area (Å²) in [5.41, 5.74) is 0. The van der Waals surface area contributed by atoms with E-state index < -0.39 is 0 Å². The molecule has 5 nitrogen and oxygen atoms in total. The van der Waals surface area contributed by atoms with Crippen LogP contribution in [0.4, 0.5) is 0 Å². The number of ether oxygens (including phenoxy) is 1. The molecule has 5 heteroatoms. The van der Waals surface area contributed by atoms with Gasteiger partial charge in [-0.05, 0) is 25.8 Å². The fraction of sp³-hybridized carbons (Fsp3) is 0.917. The summed E-state index contributed by atoms with van der Waals surface area (Å²) in [6, 6.07) is -0.0651. The number of rotatable bonds is 3. The topological polar surface area (TPSA) is 53.0 Å². The highest BCUT2D eigenvalue weighted by molar-refractivity contribution is 5.81. The summed E-state index contributed by atoms with van der Waals surface area (Å²) in [5, 5.41) is 9.11. The number of aliphatic hydroxyl groups excluding tert-OH is 1. The van der Waals surface area contributed by atoms with Crippen LogP contribution in [0.5, 0.6) is 0 Å². The van der Waals surface area contributed by atoms with Gasteiger partial charge in [-0.2, -0.15) is 0 Å². The molecule has 2 unspecified atom stereocenters. The number of carbonyl (C=O) groups excluding carboxylic acids is 1. The van der Waals surface area contributed by atoms with E-state index in [4.69, 9.17) is 9.84 Å². The van der Waals surface area contributed by atoms with Crippen molar-refractivity contribution < 1.29 is 14.6 Å². The maximum Gasteiger partial charge on any atom is 0.239 e. The first-order chi connectivity index (χ1) is 8.22. The van der Waals surface area contributed by atoms with Crippen LogP contribution in [-0.2, 0) is 9.53 Å². The number of nitrogens with zero attached hydrogens (tertiary/aromatic N) is 2. The van der Waals surface area contributed by atoms with Crippen molar-refractivity contribution in [1.29, 1.82) is 0 Å². The zero-order chi connectivity index (χ0) is 12.3. The van der Waals surface area contributed by atoms with Gasteiger partial charge < -0.3 is 14.7 Å². The molecule has 2 atom stereocenters. The molecular weight excluding hydrogens is 220 g/mol. The Bertz CT molecular complexity index is 266. The largest absolute Gasteiger partial charge is 0.396 e. The minimum absolute atomic E-state index is 0.0651. The summed E-state index contributed by atoms with van der Waals surface area (Å²) in [6.07, 6.45) is 0.997. The van der Waals surface area contributed by atoms with Gasteiger partial charge in [0.2, 0.25) is 5.91 Å². The molecule has 2 heterocycles. The molecule has 98 valence electrons. The maximum atomic E-state index is 12.2. The predicted molar refractivity (Wildman–Crippen MR) is 63.6 cm³/mol. The first-order valence-electron chi connectivity index (χ1n) is 6.44. The summed E-state index contributed by atoms with van der Waals surface area (Å²) >= 11 is 0. The number of likely N-dealkylation sites (tertiary alicyclic amines) is 1. The van der Waals surface area contributed by atoms with Gasteiger partial charge in [0.05, 0.1) is 19.3 Å². The summed E-state index contributed by atoms with van der Waals surface area (Å²) in [7, 11) is 0. The molecule has 2 fully saturated rings. The predicted octanol–water partition coefficient (Wildman–Crippen LogP) is -0.452. The zero-order valence-electron chi connectivity index (χ0n) is 10.5. The lowest BCUT2D eigenvalue weighted by Crippen LogP contribution is -2.50. The number of morpholine rings is 1. The van der Waals surface area contributed by atoms with E-state index in [2.05, 4.69) is 4.90 Å². The van der Waals surface area contributed by atoms with Crippen molar-refractivity contribution in [2.75, 3.05) is 46.0 Å². The van der Waals surface area contributed by atoms with Crippen LogP contribution in [-0.4, -0.2) is 72.9 Å². The molecule has 1 N–H and O–H groups in total. The standard InChI is InChI=1S/C12H22N2O3/c1-10(14-3-2-11(8-14)9-15)12(16)13-4-6-17-7-5-13/h10-11,15H,2-9H2,1H3. The Morgan fingerprint density at radius 1 is 1.41 bits per heavy atom. The third-order valence-corrected chi connectivity index (χ3v) is 3.80. The van der Waals surface area contributed by atoms with E-state index in [9.17, 15) is 4.79 Å². The van der Waals surface area contributed by atoms with E-state index >= 15 is 0 Å². The Labute approximate surface area is 102 Å². The van der Waals surface area contributed by atoms with Crippen molar-refractivity contribution in [2.24, 2.45) is 5.92 Å². The first-order valence-corrected chi connectivity index (χ1v) is 6.44. The smallest absolute Gasteiger partial charge is 0.239 e. The third-order valence-electron chi connectivity index (χ3n) is 3.80. The second kappa shape index (κ2) is 5.80. The van der Waals surface area contributed by atoms with Crippen LogP contribution in [0.15, 0.2) is 0 Å². The minimum Gasteiger partial charge on any atom is -0.396 e. The van der Waals surface area contributed by atoms with Crippen LogP contribution in [0.2, 0.25) is 0 Å². The molecule has 2 rings (SSSR count). The highest BCUT2D eigenvalue weighted by atomic mass is 16.5. The third kappa shape index (κ3) is 2.97. The lowest BCUT2D eigenvalue weighted by Gasteiger charge is -2.32. The van der Waals surface area contributed by atoms with E-state index in [1.54, 1.807) is 0 Å². The van der Waals surface area contributed by atoms with E-state index in [0.717, 1.165) is 19.5 Å². The number of hydrogen-bond acceptors (Lipinski definition) is 4. The monoisotopic (exact) mass is 242 g/mol. The van der Waals surface area contributed by atoms with Crippen LogP contribution in [0.3, 0.4) is 0 Å². The molecule has 17 heavy (non-hydrogen) atoms. The van der Waals surface area contributed by atoms with Crippen molar-refractivity contribution in [3.63, 3.8) is 0 Å². The molecule has 0 saturated carbocycles. The second-order valence-electron chi connectivity index (χ2n) is 4.95. The van der Waals surface area contributed by atoms with Gasteiger partial charge >= 0.3 is 0 Å². The van der Waals surface area contributed by atoms with Crippen LogP contribution in [0, 0.1) is 5.92 Å². The maximum absolute atomic E-state index is 12.2. The van der Waals surface area contributed by atoms with E-state index in [-0.39, 0.29) is 18.6 Å². The quantitative estimate of drug-likeness (QED) is 0.728. The van der Waals surface area contributed by atoms with Gasteiger partial charge in [-0.25, -0.2) is 0 Å². The van der Waals surface area contributed by atoms with Gasteiger partial charge in [-0.15, -0.1) is 0 Å². The second-order valence-corrected chi connectivity index (χ2v) is 4.95. The fourth-order valence-corrected chi connectivity index (χ4v) is 2.57. The molecule has 0 spiro atoms. The van der Waals surface area contributed by atoms with Crippen molar-refractivity contribution in [3.8, 4) is 0 Å². The normalized spacial score (nSPS) is 28.4. The van der Waals surface area contributed by atoms with E-state index in [1.807, 2.05) is 11.8 Å². The lowest BCUT2D eigenvalue weighted by molar-refractivity contribution is -0.140. The molecule has 2 aliphatic heterocycles. The van der Waals surface area contributed by atoms with Gasteiger partial charge in [0, 0.05) is 26.2 Å². The van der Waals surface area contributed by atoms with Gasteiger partial charge in [0.25, 0.3) is 0 Å². The van der Waals surface area contributed by atoms with Crippen LogP contribution in [0.1, 0.15) is 13.3 Å². The Morgan fingerprint density at radius 3 is 2.71 bits per heavy atom. The Kier molecular flexibility index (Phi) is 4.36. The number of amides is 1. The van der Waals surface area contributed by atoms with Crippen molar-refractivity contribution >= 4 is 5.91 Å². The van der Waals surface area contributed by atoms with Crippen LogP contribution < -0.4 is 0 Å². The van der Waals surface area contributed by atoms with Gasteiger partial charge in [-0.1, -0.05) is 0 Å². The highest BCUT2D eigenvalue weighted by Crippen LogP contribution is 2.19. The Balaban J connectivity index is 1.86. The minimum atomic E-state index is -0.0651. The molecule has 2 saturated heterocycles. The summed E-state index contributed by atoms with van der Waals surface area (Å²) in [5.74, 6) is 0.543.